The predicted octanol–water partition coefficient (Wildman–Crippen LogP) is 1.26. The van der Waals surface area contributed by atoms with Crippen LogP contribution in [0.1, 0.15) is 31.4 Å². The highest BCUT2D eigenvalue weighted by Gasteiger charge is 2.31. The van der Waals surface area contributed by atoms with Crippen LogP contribution in [0.3, 0.4) is 0 Å². The van der Waals surface area contributed by atoms with Gasteiger partial charge in [0.25, 0.3) is 0 Å². The second-order valence-electron chi connectivity index (χ2n) is 5.83. The number of rotatable bonds is 4. The summed E-state index contributed by atoms with van der Waals surface area (Å²) in [5, 5.41) is 7.86. The summed E-state index contributed by atoms with van der Waals surface area (Å²) in [4.78, 5) is 6.76. The van der Waals surface area contributed by atoms with Crippen molar-refractivity contribution in [3.8, 4) is 0 Å². The van der Waals surface area contributed by atoms with Crippen LogP contribution in [0.25, 0.3) is 0 Å². The standard InChI is InChI=1S/C15H25N5O/c1-3-20-11-13(10-18-20)14-12(5-8-21-14)9-17-15-16-6-4-7-19(15)2/h10-12,14H,3-9H2,1-2H3,(H,16,17)/t12-,14+/m0/s1. The molecule has 2 aliphatic heterocycles. The van der Waals surface area contributed by atoms with E-state index in [1.165, 1.54) is 5.56 Å². The number of aryl methyl sites for hydroxylation is 1. The maximum Gasteiger partial charge on any atom is 0.193 e. The third-order valence-corrected chi connectivity index (χ3v) is 4.32. The molecule has 116 valence electrons. The third-order valence-electron chi connectivity index (χ3n) is 4.32. The molecule has 1 N–H and O–H groups in total. The van der Waals surface area contributed by atoms with Gasteiger partial charge in [0.15, 0.2) is 5.96 Å². The van der Waals surface area contributed by atoms with Gasteiger partial charge in [-0.15, -0.1) is 0 Å². The van der Waals surface area contributed by atoms with Gasteiger partial charge in [0.05, 0.1) is 12.3 Å². The van der Waals surface area contributed by atoms with Crippen LogP contribution < -0.4 is 5.32 Å². The van der Waals surface area contributed by atoms with Crippen LogP contribution in [0.5, 0.6) is 0 Å². The van der Waals surface area contributed by atoms with E-state index >= 15 is 0 Å². The largest absolute Gasteiger partial charge is 0.373 e. The maximum atomic E-state index is 5.93. The van der Waals surface area contributed by atoms with Crippen molar-refractivity contribution in [3.63, 3.8) is 0 Å². The minimum atomic E-state index is 0.160. The number of nitrogens with one attached hydrogen (secondary N) is 1. The Bertz CT molecular complexity index is 498. The number of nitrogens with zero attached hydrogens (tertiary/aromatic N) is 4. The SMILES string of the molecule is CCn1cc([C@@H]2OCC[C@H]2CNC2=NCCCN2C)cn1. The van der Waals surface area contributed by atoms with Crippen LogP contribution >= 0.6 is 0 Å². The van der Waals surface area contributed by atoms with Gasteiger partial charge < -0.3 is 15.0 Å². The first-order valence-corrected chi connectivity index (χ1v) is 7.91. The molecule has 3 heterocycles. The Balaban J connectivity index is 1.60. The molecular formula is C15H25N5O. The second-order valence-corrected chi connectivity index (χ2v) is 5.83. The van der Waals surface area contributed by atoms with Gasteiger partial charge in [0, 0.05) is 57.5 Å². The molecule has 0 aliphatic carbocycles. The van der Waals surface area contributed by atoms with Gasteiger partial charge >= 0.3 is 0 Å². The number of hydrogen-bond donors (Lipinski definition) is 1. The van der Waals surface area contributed by atoms with Crippen LogP contribution in [0.15, 0.2) is 17.4 Å². The zero-order valence-electron chi connectivity index (χ0n) is 13.0. The summed E-state index contributed by atoms with van der Waals surface area (Å²) in [6, 6.07) is 0. The van der Waals surface area contributed by atoms with Gasteiger partial charge in [0.2, 0.25) is 0 Å². The van der Waals surface area contributed by atoms with Crippen molar-refractivity contribution in [2.75, 3.05) is 33.3 Å². The van der Waals surface area contributed by atoms with Crippen LogP contribution in [0.2, 0.25) is 0 Å². The third kappa shape index (κ3) is 3.20. The molecule has 6 heteroatoms. The molecule has 2 aliphatic rings. The number of aromatic nitrogens is 2. The topological polar surface area (TPSA) is 54.7 Å². The highest BCUT2D eigenvalue weighted by Crippen LogP contribution is 2.33. The van der Waals surface area contributed by atoms with E-state index in [0.29, 0.717) is 5.92 Å². The average Bonchev–Trinajstić information content (AvgIpc) is 3.14. The molecule has 21 heavy (non-hydrogen) atoms. The molecule has 0 aromatic carbocycles. The monoisotopic (exact) mass is 291 g/mol. The molecule has 0 radical (unpaired) electrons. The fourth-order valence-corrected chi connectivity index (χ4v) is 3.04. The molecule has 0 unspecified atom stereocenters. The van der Waals surface area contributed by atoms with E-state index in [0.717, 1.165) is 51.6 Å². The lowest BCUT2D eigenvalue weighted by Crippen LogP contribution is -2.44. The Hall–Kier alpha value is -1.56. The molecule has 1 saturated heterocycles. The van der Waals surface area contributed by atoms with Gasteiger partial charge in [-0.25, -0.2) is 0 Å². The Morgan fingerprint density at radius 2 is 2.38 bits per heavy atom. The smallest absolute Gasteiger partial charge is 0.193 e. The van der Waals surface area contributed by atoms with Crippen molar-refractivity contribution in [2.24, 2.45) is 10.9 Å². The van der Waals surface area contributed by atoms with Crippen LogP contribution in [-0.2, 0) is 11.3 Å². The van der Waals surface area contributed by atoms with Crippen LogP contribution in [0.4, 0.5) is 0 Å². The summed E-state index contributed by atoms with van der Waals surface area (Å²) < 4.78 is 7.89. The molecule has 6 nitrogen and oxygen atoms in total. The Kier molecular flexibility index (Phi) is 4.43. The first-order valence-electron chi connectivity index (χ1n) is 7.91. The second kappa shape index (κ2) is 6.47. The molecule has 1 aromatic heterocycles. The van der Waals surface area contributed by atoms with Gasteiger partial charge in [0.1, 0.15) is 0 Å². The molecule has 0 saturated carbocycles. The fraction of sp³-hybridized carbons (Fsp3) is 0.733. The predicted molar refractivity (Wildman–Crippen MR) is 82.3 cm³/mol. The Morgan fingerprint density at radius 3 is 3.14 bits per heavy atom. The normalized spacial score (nSPS) is 26.0. The number of aliphatic imine (C=N–C) groups is 1. The average molecular weight is 291 g/mol. The molecule has 0 amide bonds. The lowest BCUT2D eigenvalue weighted by atomic mass is 9.97. The molecule has 2 atom stereocenters. The van der Waals surface area contributed by atoms with Gasteiger partial charge in [-0.3, -0.25) is 9.67 Å². The minimum absolute atomic E-state index is 0.160. The zero-order valence-corrected chi connectivity index (χ0v) is 13.0. The highest BCUT2D eigenvalue weighted by atomic mass is 16.5. The molecule has 3 rings (SSSR count). The molecule has 0 bridgehead atoms. The van der Waals surface area contributed by atoms with Crippen LogP contribution in [0, 0.1) is 5.92 Å². The summed E-state index contributed by atoms with van der Waals surface area (Å²) in [6.45, 7) is 6.75. The molecule has 1 aromatic rings. The maximum absolute atomic E-state index is 5.93. The van der Waals surface area contributed by atoms with Crippen molar-refractivity contribution >= 4 is 5.96 Å². The van der Waals surface area contributed by atoms with E-state index in [2.05, 4.69) is 40.5 Å². The number of guanidine groups is 1. The van der Waals surface area contributed by atoms with Gasteiger partial charge in [-0.2, -0.15) is 5.10 Å². The fourth-order valence-electron chi connectivity index (χ4n) is 3.04. The van der Waals surface area contributed by atoms with Crippen LogP contribution in [-0.4, -0.2) is 53.9 Å². The van der Waals surface area contributed by atoms with E-state index < -0.39 is 0 Å². The summed E-state index contributed by atoms with van der Waals surface area (Å²) in [7, 11) is 2.10. The van der Waals surface area contributed by atoms with E-state index in [1.807, 2.05) is 10.9 Å². The Morgan fingerprint density at radius 1 is 1.48 bits per heavy atom. The summed E-state index contributed by atoms with van der Waals surface area (Å²) >= 11 is 0. The zero-order chi connectivity index (χ0) is 14.7. The van der Waals surface area contributed by atoms with E-state index in [-0.39, 0.29) is 6.10 Å². The van der Waals surface area contributed by atoms with Crippen molar-refractivity contribution < 1.29 is 4.74 Å². The van der Waals surface area contributed by atoms with E-state index in [4.69, 9.17) is 4.74 Å². The van der Waals surface area contributed by atoms with Crippen molar-refractivity contribution in [2.45, 2.75) is 32.4 Å². The first kappa shape index (κ1) is 14.4. The highest BCUT2D eigenvalue weighted by molar-refractivity contribution is 5.80. The van der Waals surface area contributed by atoms with E-state index in [1.54, 1.807) is 0 Å². The molecule has 1 fully saturated rings. The van der Waals surface area contributed by atoms with Crippen molar-refractivity contribution in [1.82, 2.24) is 20.0 Å². The first-order chi connectivity index (χ1) is 10.3. The molecule has 0 spiro atoms. The van der Waals surface area contributed by atoms with E-state index in [9.17, 15) is 0 Å². The summed E-state index contributed by atoms with van der Waals surface area (Å²) in [6.07, 6.45) is 6.44. The van der Waals surface area contributed by atoms with Gasteiger partial charge in [-0.1, -0.05) is 0 Å². The summed E-state index contributed by atoms with van der Waals surface area (Å²) in [5.74, 6) is 1.51. The Labute approximate surface area is 126 Å². The summed E-state index contributed by atoms with van der Waals surface area (Å²) in [5.41, 5.74) is 1.19. The van der Waals surface area contributed by atoms with Crippen molar-refractivity contribution in [3.05, 3.63) is 18.0 Å². The molecular weight excluding hydrogens is 266 g/mol. The number of ether oxygens (including phenoxy) is 1. The lowest BCUT2D eigenvalue weighted by Gasteiger charge is -2.27. The minimum Gasteiger partial charge on any atom is -0.373 e. The van der Waals surface area contributed by atoms with Gasteiger partial charge in [-0.05, 0) is 19.8 Å². The number of hydrogen-bond acceptors (Lipinski definition) is 5. The lowest BCUT2D eigenvalue weighted by molar-refractivity contribution is 0.0913. The quantitative estimate of drug-likeness (QED) is 0.907. The van der Waals surface area contributed by atoms with Crippen molar-refractivity contribution in [1.29, 1.82) is 0 Å².